The Morgan fingerprint density at radius 2 is 2.18 bits per heavy atom. The molecule has 0 bridgehead atoms. The Kier molecular flexibility index (Phi) is 4.71. The fraction of sp³-hybridized carbons (Fsp3) is 0.647. The summed E-state index contributed by atoms with van der Waals surface area (Å²) in [7, 11) is 0. The van der Waals surface area contributed by atoms with Crippen molar-refractivity contribution in [1.29, 1.82) is 0 Å². The fourth-order valence-electron chi connectivity index (χ4n) is 3.98. The first-order chi connectivity index (χ1) is 10.7. The summed E-state index contributed by atoms with van der Waals surface area (Å²) < 4.78 is 12.8. The summed E-state index contributed by atoms with van der Waals surface area (Å²) in [6.45, 7) is 2.73. The van der Waals surface area contributed by atoms with Crippen LogP contribution in [-0.2, 0) is 11.3 Å². The van der Waals surface area contributed by atoms with Crippen LogP contribution in [0.15, 0.2) is 24.5 Å². The van der Waals surface area contributed by atoms with Gasteiger partial charge in [0.2, 0.25) is 5.91 Å². The van der Waals surface area contributed by atoms with Crippen LogP contribution in [0.5, 0.6) is 0 Å². The lowest BCUT2D eigenvalue weighted by atomic mass is 9.88. The molecule has 2 aliphatic heterocycles. The first-order valence-corrected chi connectivity index (χ1v) is 8.21. The monoisotopic (exact) mass is 305 g/mol. The van der Waals surface area contributed by atoms with Crippen molar-refractivity contribution < 1.29 is 9.18 Å². The van der Waals surface area contributed by atoms with E-state index in [1.807, 2.05) is 17.2 Å². The number of halogens is 1. The number of aromatic nitrogens is 1. The van der Waals surface area contributed by atoms with Gasteiger partial charge in [-0.15, -0.1) is 0 Å². The van der Waals surface area contributed by atoms with Gasteiger partial charge in [0.05, 0.1) is 0 Å². The van der Waals surface area contributed by atoms with E-state index in [4.69, 9.17) is 0 Å². The van der Waals surface area contributed by atoms with Crippen molar-refractivity contribution in [3.05, 3.63) is 30.1 Å². The minimum absolute atomic E-state index is 0.0904. The molecule has 2 aliphatic rings. The summed E-state index contributed by atoms with van der Waals surface area (Å²) in [5.41, 5.74) is 1.13. The van der Waals surface area contributed by atoms with Crippen LogP contribution in [0.2, 0.25) is 0 Å². The third kappa shape index (κ3) is 3.14. The number of pyridine rings is 1. The molecule has 2 fully saturated rings. The van der Waals surface area contributed by atoms with Crippen molar-refractivity contribution in [2.24, 2.45) is 0 Å². The lowest BCUT2D eigenvalue weighted by Gasteiger charge is -2.37. The second-order valence-electron chi connectivity index (χ2n) is 6.45. The van der Waals surface area contributed by atoms with Gasteiger partial charge in [-0.05, 0) is 43.9 Å². The van der Waals surface area contributed by atoms with E-state index < -0.39 is 6.67 Å². The van der Waals surface area contributed by atoms with Crippen LogP contribution in [-0.4, -0.2) is 52.5 Å². The molecule has 5 heteroatoms. The highest BCUT2D eigenvalue weighted by Gasteiger charge is 2.45. The molecule has 2 saturated heterocycles. The van der Waals surface area contributed by atoms with E-state index in [2.05, 4.69) is 16.0 Å². The van der Waals surface area contributed by atoms with Gasteiger partial charge in [0, 0.05) is 44.0 Å². The molecule has 3 rings (SSSR count). The van der Waals surface area contributed by atoms with Crippen molar-refractivity contribution in [3.8, 4) is 0 Å². The second kappa shape index (κ2) is 6.73. The van der Waals surface area contributed by atoms with Gasteiger partial charge in [-0.3, -0.25) is 14.7 Å². The van der Waals surface area contributed by atoms with E-state index in [0.717, 1.165) is 45.3 Å². The SMILES string of the molecule is O=C1CCC2(CCCN(Cc3cccnc3)CC2)N1CCF. The molecule has 1 atom stereocenters. The van der Waals surface area contributed by atoms with Gasteiger partial charge in [-0.25, -0.2) is 4.39 Å². The van der Waals surface area contributed by atoms with Gasteiger partial charge in [-0.2, -0.15) is 0 Å². The Bertz CT molecular complexity index is 510. The molecular formula is C17H24FN3O. The number of carbonyl (C=O) groups is 1. The number of amides is 1. The van der Waals surface area contributed by atoms with E-state index in [1.54, 1.807) is 6.20 Å². The van der Waals surface area contributed by atoms with Crippen molar-refractivity contribution >= 4 is 5.91 Å². The molecule has 0 aromatic carbocycles. The summed E-state index contributed by atoms with van der Waals surface area (Å²) in [4.78, 5) is 20.5. The standard InChI is InChI=1S/C17H24FN3O/c18-8-12-21-16(22)4-6-17(21)5-2-10-20(11-7-17)14-15-3-1-9-19-13-15/h1,3,9,13H,2,4-8,10-12,14H2. The Balaban J connectivity index is 1.65. The Morgan fingerprint density at radius 1 is 1.27 bits per heavy atom. The molecule has 0 saturated carbocycles. The number of carbonyl (C=O) groups excluding carboxylic acids is 1. The van der Waals surface area contributed by atoms with Gasteiger partial charge < -0.3 is 4.90 Å². The summed E-state index contributed by atoms with van der Waals surface area (Å²) >= 11 is 0. The van der Waals surface area contributed by atoms with Crippen LogP contribution >= 0.6 is 0 Å². The minimum atomic E-state index is -0.438. The van der Waals surface area contributed by atoms with Crippen LogP contribution < -0.4 is 0 Å². The van der Waals surface area contributed by atoms with E-state index in [0.29, 0.717) is 6.42 Å². The Morgan fingerprint density at radius 3 is 2.95 bits per heavy atom. The predicted octanol–water partition coefficient (Wildman–Crippen LogP) is 2.40. The van der Waals surface area contributed by atoms with E-state index in [9.17, 15) is 9.18 Å². The number of alkyl halides is 1. The third-order valence-corrected chi connectivity index (χ3v) is 5.12. The number of likely N-dealkylation sites (tertiary alicyclic amines) is 2. The van der Waals surface area contributed by atoms with Crippen molar-refractivity contribution in [3.63, 3.8) is 0 Å². The molecule has 22 heavy (non-hydrogen) atoms. The average molecular weight is 305 g/mol. The number of nitrogens with zero attached hydrogens (tertiary/aromatic N) is 3. The quantitative estimate of drug-likeness (QED) is 0.857. The van der Waals surface area contributed by atoms with Crippen molar-refractivity contribution in [2.75, 3.05) is 26.3 Å². The molecule has 4 nitrogen and oxygen atoms in total. The molecule has 120 valence electrons. The van der Waals surface area contributed by atoms with Crippen molar-refractivity contribution in [1.82, 2.24) is 14.8 Å². The maximum absolute atomic E-state index is 12.8. The largest absolute Gasteiger partial charge is 0.334 e. The lowest BCUT2D eigenvalue weighted by molar-refractivity contribution is -0.131. The molecule has 3 heterocycles. The first-order valence-electron chi connectivity index (χ1n) is 8.21. The van der Waals surface area contributed by atoms with Gasteiger partial charge >= 0.3 is 0 Å². The van der Waals surface area contributed by atoms with Gasteiger partial charge in [-0.1, -0.05) is 6.07 Å². The van der Waals surface area contributed by atoms with E-state index in [1.165, 1.54) is 5.56 Å². The van der Waals surface area contributed by atoms with Crippen LogP contribution in [0.4, 0.5) is 4.39 Å². The van der Waals surface area contributed by atoms with E-state index in [-0.39, 0.29) is 18.0 Å². The molecule has 0 N–H and O–H groups in total. The normalized spacial score (nSPS) is 26.6. The van der Waals surface area contributed by atoms with Gasteiger partial charge in [0.25, 0.3) is 0 Å². The number of rotatable bonds is 4. The topological polar surface area (TPSA) is 36.4 Å². The summed E-state index contributed by atoms with van der Waals surface area (Å²) in [5, 5.41) is 0. The zero-order valence-corrected chi connectivity index (χ0v) is 13.0. The molecule has 1 amide bonds. The van der Waals surface area contributed by atoms with E-state index >= 15 is 0 Å². The lowest BCUT2D eigenvalue weighted by Crippen LogP contribution is -2.47. The summed E-state index contributed by atoms with van der Waals surface area (Å²) in [6.07, 6.45) is 8.21. The molecule has 1 aromatic rings. The highest BCUT2D eigenvalue weighted by Crippen LogP contribution is 2.39. The molecule has 1 spiro atoms. The Hall–Kier alpha value is -1.49. The zero-order chi connectivity index (χ0) is 15.4. The maximum Gasteiger partial charge on any atom is 0.223 e. The smallest absolute Gasteiger partial charge is 0.223 e. The number of hydrogen-bond donors (Lipinski definition) is 0. The van der Waals surface area contributed by atoms with Crippen LogP contribution in [0, 0.1) is 0 Å². The molecule has 1 unspecified atom stereocenters. The molecular weight excluding hydrogens is 281 g/mol. The van der Waals surface area contributed by atoms with Crippen LogP contribution in [0.1, 0.15) is 37.7 Å². The highest BCUT2D eigenvalue weighted by atomic mass is 19.1. The molecule has 1 aromatic heterocycles. The summed E-state index contributed by atoms with van der Waals surface area (Å²) in [5.74, 6) is 0.137. The molecule has 0 aliphatic carbocycles. The first kappa shape index (κ1) is 15.4. The third-order valence-electron chi connectivity index (χ3n) is 5.12. The van der Waals surface area contributed by atoms with Gasteiger partial charge in [0.1, 0.15) is 6.67 Å². The van der Waals surface area contributed by atoms with Crippen LogP contribution in [0.3, 0.4) is 0 Å². The predicted molar refractivity (Wildman–Crippen MR) is 83.0 cm³/mol. The second-order valence-corrected chi connectivity index (χ2v) is 6.45. The molecule has 0 radical (unpaired) electrons. The fourth-order valence-corrected chi connectivity index (χ4v) is 3.98. The average Bonchev–Trinajstić information content (AvgIpc) is 2.72. The highest BCUT2D eigenvalue weighted by molar-refractivity contribution is 5.79. The van der Waals surface area contributed by atoms with Gasteiger partial charge in [0.15, 0.2) is 0 Å². The summed E-state index contributed by atoms with van der Waals surface area (Å²) in [6, 6.07) is 4.06. The van der Waals surface area contributed by atoms with Crippen molar-refractivity contribution in [2.45, 2.75) is 44.2 Å². The number of hydrogen-bond acceptors (Lipinski definition) is 3. The van der Waals surface area contributed by atoms with Crippen LogP contribution in [0.25, 0.3) is 0 Å². The zero-order valence-electron chi connectivity index (χ0n) is 13.0. The maximum atomic E-state index is 12.8. The Labute approximate surface area is 131 Å². The minimum Gasteiger partial charge on any atom is -0.334 e.